The molecule has 1 aliphatic heterocycles. The third kappa shape index (κ3) is 17.1. The Balaban J connectivity index is 0.000000154. The summed E-state index contributed by atoms with van der Waals surface area (Å²) in [5.74, 6) is 3.13. The maximum Gasteiger partial charge on any atom is 0.488 e. The summed E-state index contributed by atoms with van der Waals surface area (Å²) in [6, 6.07) is 40.8. The molecule has 24 heteroatoms. The second-order valence-corrected chi connectivity index (χ2v) is 31.9. The molecule has 3 fully saturated rings. The molecule has 4 spiro atoms. The number of hydroxylamine groups is 2. The third-order valence-corrected chi connectivity index (χ3v) is 20.5. The van der Waals surface area contributed by atoms with Gasteiger partial charge in [-0.05, 0) is 221 Å². The van der Waals surface area contributed by atoms with Crippen LogP contribution >= 0.6 is 15.9 Å². The molecule has 6 aromatic rings. The highest BCUT2D eigenvalue weighted by molar-refractivity contribution is 9.10. The van der Waals surface area contributed by atoms with Gasteiger partial charge in [-0.25, -0.2) is 24.6 Å². The Morgan fingerprint density at radius 1 is 0.670 bits per heavy atom. The van der Waals surface area contributed by atoms with Gasteiger partial charge < -0.3 is 30.0 Å². The van der Waals surface area contributed by atoms with Crippen molar-refractivity contribution in [2.24, 2.45) is 31.6 Å². The first-order valence-corrected chi connectivity index (χ1v) is 36.2. The number of fused-ring (bicyclic) bond motifs is 5. The van der Waals surface area contributed by atoms with Crippen molar-refractivity contribution < 1.29 is 65.0 Å². The van der Waals surface area contributed by atoms with E-state index in [4.69, 9.17) is 48.8 Å². The number of hydrogen-bond acceptors (Lipinski definition) is 13. The van der Waals surface area contributed by atoms with Crippen LogP contribution < -0.4 is 11.2 Å². The molecule has 0 aromatic heterocycles. The van der Waals surface area contributed by atoms with Crippen molar-refractivity contribution in [1.82, 2.24) is 5.06 Å². The molecule has 0 saturated heterocycles. The molecular formula is C73H75BBrF6N7O8Si. The lowest BCUT2D eigenvalue weighted by molar-refractivity contribution is -0.239. The van der Waals surface area contributed by atoms with Crippen molar-refractivity contribution in [2.75, 3.05) is 7.05 Å². The number of ketones is 2. The minimum atomic E-state index is -2.76. The van der Waals surface area contributed by atoms with Crippen molar-refractivity contribution in [3.63, 3.8) is 0 Å². The highest BCUT2D eigenvalue weighted by Crippen LogP contribution is 2.62. The number of Topliss-reactive ketones (excluding diaryl/α,β-unsaturated/α-hetero) is 2. The first-order valence-electron chi connectivity index (χ1n) is 32.0. The van der Waals surface area contributed by atoms with Crippen LogP contribution in [0.5, 0.6) is 0 Å². The van der Waals surface area contributed by atoms with Gasteiger partial charge in [-0.2, -0.15) is 31.6 Å². The molecule has 4 N–H and O–H groups in total. The lowest BCUT2D eigenvalue weighted by atomic mass is 9.66. The van der Waals surface area contributed by atoms with E-state index in [0.29, 0.717) is 112 Å². The smallest absolute Gasteiger partial charge is 0.423 e. The van der Waals surface area contributed by atoms with Crippen LogP contribution in [0.1, 0.15) is 126 Å². The van der Waals surface area contributed by atoms with Crippen molar-refractivity contribution in [2.45, 2.75) is 160 Å². The molecule has 1 heterocycles. The van der Waals surface area contributed by atoms with Gasteiger partial charge in [-0.3, -0.25) is 14.2 Å². The Labute approximate surface area is 571 Å². The number of nitrogens with two attached hydrogens (primary N) is 1. The topological polar surface area (TPSA) is 198 Å². The number of nitriles is 1. The minimum Gasteiger partial charge on any atom is -0.423 e. The van der Waals surface area contributed by atoms with E-state index in [0.717, 1.165) is 72.9 Å². The van der Waals surface area contributed by atoms with E-state index >= 15 is 0 Å². The Morgan fingerprint density at radius 2 is 1.12 bits per heavy atom. The number of aliphatic imine (C=N–C) groups is 1. The summed E-state index contributed by atoms with van der Waals surface area (Å²) in [5, 5.41) is 27.3. The monoisotopic (exact) mass is 1410 g/mol. The molecule has 6 aromatic carbocycles. The zero-order valence-electron chi connectivity index (χ0n) is 54.2. The molecule has 0 bridgehead atoms. The Bertz CT molecular complexity index is 4070. The quantitative estimate of drug-likeness (QED) is 0.0510. The van der Waals surface area contributed by atoms with Gasteiger partial charge in [-0.15, -0.1) is 0 Å². The van der Waals surface area contributed by atoms with E-state index in [9.17, 15) is 35.9 Å². The molecule has 0 amide bonds. The molecule has 15 nitrogen and oxygen atoms in total. The Hall–Kier alpha value is -8.05. The molecular weight excluding hydrogens is 1340 g/mol. The zero-order valence-corrected chi connectivity index (χ0v) is 56.8. The van der Waals surface area contributed by atoms with Gasteiger partial charge in [0.25, 0.3) is 0 Å². The van der Waals surface area contributed by atoms with Crippen LogP contribution in [0.4, 0.5) is 37.7 Å². The number of nitrogens with zero attached hydrogens (tertiary/aromatic N) is 6. The lowest BCUT2D eigenvalue weighted by Gasteiger charge is -2.45. The van der Waals surface area contributed by atoms with E-state index in [2.05, 4.69) is 84.0 Å². The summed E-state index contributed by atoms with van der Waals surface area (Å²) < 4.78 is 93.8. The SMILES string of the molecule is C=C=N[Si](C)(C)C.N#Cc1cccc(B(O)O)c1.O=C1c2cc(Br)ccc2CC12CCC(OC(F)F)CC2.[C-]#[N+]c1cccc(-c2ccc3c(c2)C(=O)C2(CCC(OC(F)F)CC2)C3)c1.[C-]#[N+]c1cccc(-c2ccc3c(c2)C2(N=C(N)N(C)O2)C2(CCC(OC(F)F)CC2)C3)c1. The van der Waals surface area contributed by atoms with Crippen LogP contribution in [0.2, 0.25) is 19.6 Å². The standard InChI is InChI=1S/C24H24F2N4O2.C22H19F2NO2.C15H15BrF2O2.C7H6BNO2.C5H11NSi/c1-28-18-5-3-4-15(12-18)16-6-7-17-14-23(10-8-19(9-11-23)31-21(25)26)24(20(17)13-16)29-22(27)30(2)32-24;1-25-17-4-2-3-14(11-17)15-5-6-16-13-22(20(26)19(16)12-15)9-7-18(8-10-22)27-21(23)24;16-10-2-1-9-8-15(13(19)12(9)7-10)5-3-11(4-6-15)20-14(17)18;9-5-6-2-1-3-7(4-6)8(10)11;1-5-6-7(2,3)4/h3-7,12-13,19,21H,8-11,14H2,2H3,(H2,27,29);2-6,11-12,18,21H,7-10,13H2;1-2,7,11,14H,3-6,8H2;1-4,10-11H;1H2,2-4H3. The number of guanidine groups is 1. The molecule has 506 valence electrons. The highest BCUT2D eigenvalue weighted by atomic mass is 79.9. The second-order valence-electron chi connectivity index (χ2n) is 26.4. The first-order chi connectivity index (χ1) is 46.2. The van der Waals surface area contributed by atoms with Crippen LogP contribution in [0.25, 0.3) is 31.9 Å². The zero-order chi connectivity index (χ0) is 70.0. The lowest BCUT2D eigenvalue weighted by Crippen LogP contribution is -2.46. The van der Waals surface area contributed by atoms with Crippen LogP contribution in [-0.4, -0.2) is 99.1 Å². The fraction of sp³-hybridized carbons (Fsp3) is 0.397. The van der Waals surface area contributed by atoms with Crippen molar-refractivity contribution >= 4 is 71.5 Å². The molecule has 1 atom stereocenters. The number of carbonyl (C=O) groups is 2. The number of ether oxygens (including phenoxy) is 3. The van der Waals surface area contributed by atoms with Crippen LogP contribution in [0, 0.1) is 40.7 Å². The highest BCUT2D eigenvalue weighted by Gasteiger charge is 2.63. The van der Waals surface area contributed by atoms with Crippen molar-refractivity contribution in [3.05, 3.63) is 200 Å². The van der Waals surface area contributed by atoms with Crippen molar-refractivity contribution in [1.29, 1.82) is 5.26 Å². The number of carbonyl (C=O) groups excluding carboxylic acids is 2. The summed E-state index contributed by atoms with van der Waals surface area (Å²) in [5.41, 5.74) is 15.2. The summed E-state index contributed by atoms with van der Waals surface area (Å²) >= 11 is 3.39. The number of halogens is 7. The fourth-order valence-corrected chi connectivity index (χ4v) is 15.3. The van der Waals surface area contributed by atoms with Gasteiger partial charge in [0.1, 0.15) is 0 Å². The molecule has 6 aliphatic carbocycles. The van der Waals surface area contributed by atoms with Crippen LogP contribution in [0.15, 0.2) is 148 Å². The van der Waals surface area contributed by atoms with Gasteiger partial charge in [0, 0.05) is 44.5 Å². The maximum atomic E-state index is 13.2. The largest absolute Gasteiger partial charge is 0.488 e. The summed E-state index contributed by atoms with van der Waals surface area (Å²) in [6.07, 6.45) is 7.61. The first kappa shape index (κ1) is 73.2. The number of alkyl halides is 6. The average Bonchev–Trinajstić information content (AvgIpc) is 1.54. The van der Waals surface area contributed by atoms with Gasteiger partial charge in [-0.1, -0.05) is 94.8 Å². The predicted molar refractivity (Wildman–Crippen MR) is 365 cm³/mol. The molecule has 13 rings (SSSR count). The maximum absolute atomic E-state index is 13.2. The number of rotatable bonds is 10. The van der Waals surface area contributed by atoms with Gasteiger partial charge in [0.05, 0.1) is 43.1 Å². The summed E-state index contributed by atoms with van der Waals surface area (Å²) in [6.45, 7) is 16.0. The second kappa shape index (κ2) is 31.2. The Morgan fingerprint density at radius 3 is 1.56 bits per heavy atom. The van der Waals surface area contributed by atoms with Gasteiger partial charge in [0.2, 0.25) is 11.7 Å². The fourth-order valence-electron chi connectivity index (χ4n) is 14.4. The number of hydrogen-bond donors (Lipinski definition) is 3. The van der Waals surface area contributed by atoms with Crippen molar-refractivity contribution in [3.8, 4) is 28.3 Å². The van der Waals surface area contributed by atoms with E-state index in [-0.39, 0.29) is 22.4 Å². The molecule has 1 unspecified atom stereocenters. The molecule has 97 heavy (non-hydrogen) atoms. The average molecular weight is 1410 g/mol. The normalized spacial score (nSPS) is 24.0. The molecule has 7 aliphatic rings. The van der Waals surface area contributed by atoms with E-state index in [1.807, 2.05) is 84.9 Å². The summed E-state index contributed by atoms with van der Waals surface area (Å²) in [7, 11) is -0.973. The van der Waals surface area contributed by atoms with Gasteiger partial charge in [0.15, 0.2) is 31.2 Å². The number of benzene rings is 6. The predicted octanol–water partition coefficient (Wildman–Crippen LogP) is 16.1. The Kier molecular flexibility index (Phi) is 23.6. The van der Waals surface area contributed by atoms with E-state index in [1.165, 1.54) is 11.1 Å². The van der Waals surface area contributed by atoms with Crippen LogP contribution in [-0.2, 0) is 44.0 Å². The summed E-state index contributed by atoms with van der Waals surface area (Å²) in [4.78, 5) is 44.0. The van der Waals surface area contributed by atoms with Crippen LogP contribution in [0.3, 0.4) is 0 Å². The van der Waals surface area contributed by atoms with E-state index in [1.54, 1.807) is 37.4 Å². The molecule has 3 saturated carbocycles. The molecule has 0 radical (unpaired) electrons. The third-order valence-electron chi connectivity index (χ3n) is 19.2. The van der Waals surface area contributed by atoms with E-state index < -0.39 is 64.6 Å². The van der Waals surface area contributed by atoms with Gasteiger partial charge >= 0.3 is 27.0 Å². The minimum absolute atomic E-state index is 0.121.